The molecule has 1 N–H and O–H groups in total. The van der Waals surface area contributed by atoms with Gasteiger partial charge in [-0.2, -0.15) is 0 Å². The number of halogens is 1. The van der Waals surface area contributed by atoms with E-state index in [1.807, 2.05) is 4.90 Å². The third kappa shape index (κ3) is 5.15. The minimum absolute atomic E-state index is 0.0723. The molecule has 1 amide bonds. The van der Waals surface area contributed by atoms with Gasteiger partial charge in [0.25, 0.3) is 5.91 Å². The van der Waals surface area contributed by atoms with Crippen LogP contribution in [0.2, 0.25) is 5.02 Å². The molecule has 9 heteroatoms. The Hall–Kier alpha value is -3.17. The maximum absolute atomic E-state index is 13.6. The zero-order valence-electron chi connectivity index (χ0n) is 24.9. The third-order valence-electron chi connectivity index (χ3n) is 9.76. The highest BCUT2D eigenvalue weighted by atomic mass is 35.5. The molecule has 0 spiro atoms. The summed E-state index contributed by atoms with van der Waals surface area (Å²) in [6.45, 7) is 20.7. The maximum atomic E-state index is 13.6. The highest BCUT2D eigenvalue weighted by Crippen LogP contribution is 2.59. The van der Waals surface area contributed by atoms with E-state index in [4.69, 9.17) is 27.9 Å². The van der Waals surface area contributed by atoms with Gasteiger partial charge in [-0.15, -0.1) is 0 Å². The highest BCUT2D eigenvalue weighted by molar-refractivity contribution is 6.33. The van der Waals surface area contributed by atoms with E-state index in [1.165, 1.54) is 12.8 Å². The number of nitrogens with zero attached hydrogens (tertiary/aromatic N) is 5. The van der Waals surface area contributed by atoms with E-state index < -0.39 is 0 Å². The molecule has 2 aliphatic carbocycles. The fourth-order valence-electron chi connectivity index (χ4n) is 8.17. The molecule has 0 unspecified atom stereocenters. The molecule has 0 bridgehead atoms. The number of carbonyl (C=O) groups excluding carboxylic acids is 1. The predicted molar refractivity (Wildman–Crippen MR) is 162 cm³/mol. The third-order valence-corrected chi connectivity index (χ3v) is 10.1. The minimum Gasteiger partial charge on any atom is -0.489 e. The van der Waals surface area contributed by atoms with Gasteiger partial charge in [0, 0.05) is 55.0 Å². The summed E-state index contributed by atoms with van der Waals surface area (Å²) in [6.07, 6.45) is 6.14. The summed E-state index contributed by atoms with van der Waals surface area (Å²) in [7, 11) is 0. The second kappa shape index (κ2) is 11.2. The van der Waals surface area contributed by atoms with Crippen LogP contribution in [-0.2, 0) is 6.54 Å². The molecule has 1 aromatic heterocycles. The minimum atomic E-state index is -0.335. The van der Waals surface area contributed by atoms with Gasteiger partial charge in [-0.3, -0.25) is 9.69 Å². The molecule has 3 fully saturated rings. The number of hydrogen-bond donors (Lipinski definition) is 1. The largest absolute Gasteiger partial charge is 0.489 e. The van der Waals surface area contributed by atoms with Gasteiger partial charge < -0.3 is 15.0 Å². The molecule has 4 aliphatic rings. The molecule has 1 saturated heterocycles. The number of nitrogens with one attached hydrogen (secondary N) is 1. The summed E-state index contributed by atoms with van der Waals surface area (Å²) in [5.74, 6) is 7.66. The van der Waals surface area contributed by atoms with Crippen LogP contribution in [0.4, 0.5) is 5.69 Å². The molecular formula is C33H39ClN6O2. The summed E-state index contributed by atoms with van der Waals surface area (Å²) in [5, 5.41) is 3.82. The van der Waals surface area contributed by atoms with Crippen molar-refractivity contribution >= 4 is 23.2 Å². The van der Waals surface area contributed by atoms with Crippen molar-refractivity contribution in [1.29, 1.82) is 0 Å². The lowest BCUT2D eigenvalue weighted by atomic mass is 9.49. The summed E-state index contributed by atoms with van der Waals surface area (Å²) < 4.78 is 6.43. The number of aromatic nitrogens is 2. The standard InChI is InChI=1S/C33H39ClN6O2/c1-32(2)30(33(3,4)31(32)42-24-12-13-26(35-5)25(34)18-24)40-20-27-28(29(40)41)37-19-22(38-27)9-6-21-7-10-23(11-8-21)39-16-14-36-15-17-39/h12-13,18-19,21,23,30-31,36H,7-8,10-11,14-17,20H2,1-4H3. The number of piperazine rings is 1. The van der Waals surface area contributed by atoms with Crippen molar-refractivity contribution in [3.8, 4) is 17.6 Å². The van der Waals surface area contributed by atoms with Gasteiger partial charge in [-0.25, -0.2) is 14.8 Å². The van der Waals surface area contributed by atoms with Gasteiger partial charge in [-0.1, -0.05) is 51.3 Å². The molecule has 0 atom stereocenters. The first-order valence-corrected chi connectivity index (χ1v) is 15.4. The van der Waals surface area contributed by atoms with E-state index in [1.54, 1.807) is 24.4 Å². The average Bonchev–Trinajstić information content (AvgIpc) is 3.29. The molecular weight excluding hydrogens is 548 g/mol. The molecule has 0 radical (unpaired) electrons. The smallest absolute Gasteiger partial charge is 0.275 e. The first-order chi connectivity index (χ1) is 20.1. The van der Waals surface area contributed by atoms with E-state index in [2.05, 4.69) is 59.6 Å². The van der Waals surface area contributed by atoms with Gasteiger partial charge in [-0.05, 0) is 43.7 Å². The van der Waals surface area contributed by atoms with Crippen LogP contribution in [0.1, 0.15) is 75.3 Å². The van der Waals surface area contributed by atoms with Crippen LogP contribution in [-0.4, -0.2) is 70.0 Å². The quantitative estimate of drug-likeness (QED) is 0.385. The summed E-state index contributed by atoms with van der Waals surface area (Å²) in [5.41, 5.74) is 1.50. The Morgan fingerprint density at radius 1 is 1.12 bits per heavy atom. The molecule has 8 nitrogen and oxygen atoms in total. The Morgan fingerprint density at radius 2 is 1.83 bits per heavy atom. The van der Waals surface area contributed by atoms with E-state index in [0.717, 1.165) is 39.0 Å². The molecule has 6 rings (SSSR count). The fourth-order valence-corrected chi connectivity index (χ4v) is 8.38. The number of benzene rings is 1. The first kappa shape index (κ1) is 28.9. The van der Waals surface area contributed by atoms with Gasteiger partial charge >= 0.3 is 0 Å². The molecule has 220 valence electrons. The maximum Gasteiger partial charge on any atom is 0.275 e. The zero-order chi connectivity index (χ0) is 29.6. The molecule has 1 aromatic carbocycles. The van der Waals surface area contributed by atoms with Crippen molar-refractivity contribution in [3.05, 3.63) is 57.9 Å². The molecule has 3 heterocycles. The van der Waals surface area contributed by atoms with Crippen molar-refractivity contribution in [3.63, 3.8) is 0 Å². The number of fused-ring (bicyclic) bond motifs is 1. The Kier molecular flexibility index (Phi) is 7.68. The van der Waals surface area contributed by atoms with E-state index in [-0.39, 0.29) is 28.9 Å². The molecule has 2 aliphatic heterocycles. The van der Waals surface area contributed by atoms with Crippen molar-refractivity contribution in [2.75, 3.05) is 26.2 Å². The molecule has 2 aromatic rings. The van der Waals surface area contributed by atoms with Gasteiger partial charge in [0.05, 0.1) is 30.0 Å². The number of rotatable bonds is 4. The van der Waals surface area contributed by atoms with Crippen LogP contribution in [0.25, 0.3) is 4.85 Å². The molecule has 2 saturated carbocycles. The Labute approximate surface area is 254 Å². The average molecular weight is 587 g/mol. The van der Waals surface area contributed by atoms with Crippen molar-refractivity contribution in [2.24, 2.45) is 16.7 Å². The van der Waals surface area contributed by atoms with Crippen LogP contribution < -0.4 is 10.1 Å². The summed E-state index contributed by atoms with van der Waals surface area (Å²) in [6, 6.07) is 5.77. The van der Waals surface area contributed by atoms with Gasteiger partial charge in [0.1, 0.15) is 17.5 Å². The van der Waals surface area contributed by atoms with Crippen LogP contribution in [0.5, 0.6) is 5.75 Å². The first-order valence-electron chi connectivity index (χ1n) is 15.1. The second-order valence-corrected chi connectivity index (χ2v) is 13.7. The van der Waals surface area contributed by atoms with Crippen molar-refractivity contribution in [1.82, 2.24) is 25.1 Å². The van der Waals surface area contributed by atoms with Crippen molar-refractivity contribution < 1.29 is 9.53 Å². The van der Waals surface area contributed by atoms with Crippen LogP contribution in [0, 0.1) is 35.2 Å². The lowest BCUT2D eigenvalue weighted by molar-refractivity contribution is -0.199. The SMILES string of the molecule is [C-]#[N+]c1ccc(OC2C(C)(C)C(N3Cc4nc(C#CC5CCC(N6CCNCC6)CC5)cnc4C3=O)C2(C)C)cc1Cl. The summed E-state index contributed by atoms with van der Waals surface area (Å²) in [4.78, 5) is 30.9. The van der Waals surface area contributed by atoms with Crippen molar-refractivity contribution in [2.45, 2.75) is 78.1 Å². The Morgan fingerprint density at radius 3 is 2.50 bits per heavy atom. The number of carbonyl (C=O) groups is 1. The van der Waals surface area contributed by atoms with Crippen LogP contribution >= 0.6 is 11.6 Å². The monoisotopic (exact) mass is 586 g/mol. The van der Waals surface area contributed by atoms with Gasteiger partial charge in [0.2, 0.25) is 5.69 Å². The molecule has 42 heavy (non-hydrogen) atoms. The Balaban J connectivity index is 1.11. The van der Waals surface area contributed by atoms with E-state index >= 15 is 0 Å². The summed E-state index contributed by atoms with van der Waals surface area (Å²) >= 11 is 6.26. The topological polar surface area (TPSA) is 75.0 Å². The normalized spacial score (nSPS) is 28.2. The Bertz CT molecular complexity index is 1460. The van der Waals surface area contributed by atoms with Crippen LogP contribution in [0.3, 0.4) is 0 Å². The lowest BCUT2D eigenvalue weighted by Crippen LogP contribution is -2.74. The van der Waals surface area contributed by atoms with E-state index in [0.29, 0.717) is 52.0 Å². The lowest BCUT2D eigenvalue weighted by Gasteiger charge is -2.65. The number of ether oxygens (including phenoxy) is 1. The second-order valence-electron chi connectivity index (χ2n) is 13.3. The number of amides is 1. The fraction of sp³-hybridized carbons (Fsp3) is 0.576. The highest BCUT2D eigenvalue weighted by Gasteiger charge is 2.67. The predicted octanol–water partition coefficient (Wildman–Crippen LogP) is 5.33. The number of hydrogen-bond acceptors (Lipinski definition) is 6. The van der Waals surface area contributed by atoms with E-state index in [9.17, 15) is 4.79 Å². The van der Waals surface area contributed by atoms with Gasteiger partial charge in [0.15, 0.2) is 5.69 Å². The zero-order valence-corrected chi connectivity index (χ0v) is 25.7. The van der Waals surface area contributed by atoms with Crippen LogP contribution in [0.15, 0.2) is 24.4 Å².